The first-order valence-corrected chi connectivity index (χ1v) is 8.58. The molecule has 3 heterocycles. The molecule has 0 saturated heterocycles. The molecule has 0 unspecified atom stereocenters. The zero-order valence-corrected chi connectivity index (χ0v) is 10.7. The molecule has 1 aromatic rings. The predicted molar refractivity (Wildman–Crippen MR) is 75.4 cm³/mol. The van der Waals surface area contributed by atoms with Gasteiger partial charge in [0.2, 0.25) is 0 Å². The van der Waals surface area contributed by atoms with Crippen LogP contribution < -0.4 is 0 Å². The second-order valence-corrected chi connectivity index (χ2v) is 8.77. The Balaban J connectivity index is 1.87. The molecule has 0 radical (unpaired) electrons. The Bertz CT molecular complexity index is 410. The van der Waals surface area contributed by atoms with Crippen molar-refractivity contribution in [2.24, 2.45) is 0 Å². The van der Waals surface area contributed by atoms with Gasteiger partial charge in [0.15, 0.2) is 0 Å². The first kappa shape index (κ1) is 9.58. The molecule has 0 amide bonds. The molecule has 0 spiro atoms. The molecule has 1 aromatic heterocycles. The van der Waals surface area contributed by atoms with Gasteiger partial charge in [-0.25, -0.2) is 0 Å². The van der Waals surface area contributed by atoms with E-state index in [-0.39, 0.29) is 21.8 Å². The van der Waals surface area contributed by atoms with E-state index in [0.717, 1.165) is 0 Å². The molecule has 78 valence electrons. The van der Waals surface area contributed by atoms with Gasteiger partial charge in [-0.05, 0) is 33.8 Å². The van der Waals surface area contributed by atoms with Gasteiger partial charge in [0.25, 0.3) is 0 Å². The zero-order chi connectivity index (χ0) is 10.1. The van der Waals surface area contributed by atoms with E-state index in [4.69, 9.17) is 0 Å². The van der Waals surface area contributed by atoms with Gasteiger partial charge in [0.05, 0.1) is 0 Å². The van der Waals surface area contributed by atoms with Gasteiger partial charge in [-0.3, -0.25) is 0 Å². The molecule has 0 bridgehead atoms. The molecular formula is C12H12S3. The topological polar surface area (TPSA) is 0 Å². The van der Waals surface area contributed by atoms with Crippen LogP contribution in [0.5, 0.6) is 0 Å². The first-order valence-electron chi connectivity index (χ1n) is 4.80. The zero-order valence-electron chi connectivity index (χ0n) is 8.08. The highest BCUT2D eigenvalue weighted by Gasteiger charge is 2.10. The fourth-order valence-electron chi connectivity index (χ4n) is 1.56. The van der Waals surface area contributed by atoms with Crippen molar-refractivity contribution in [2.75, 3.05) is 0 Å². The average Bonchev–Trinajstić information content (AvgIpc) is 3.02. The largest absolute Gasteiger partial charge is 0.177 e. The van der Waals surface area contributed by atoms with E-state index in [1.54, 1.807) is 0 Å². The van der Waals surface area contributed by atoms with Crippen LogP contribution in [0.2, 0.25) is 0 Å². The number of allylic oxidation sites excluding steroid dienone is 4. The third-order valence-electron chi connectivity index (χ3n) is 2.30. The predicted octanol–water partition coefficient (Wildman–Crippen LogP) is 4.55. The van der Waals surface area contributed by atoms with Crippen LogP contribution in [0.25, 0.3) is 0 Å². The highest BCUT2D eigenvalue weighted by Crippen LogP contribution is 2.52. The second-order valence-electron chi connectivity index (χ2n) is 3.29. The van der Waals surface area contributed by atoms with E-state index in [9.17, 15) is 0 Å². The Morgan fingerprint density at radius 3 is 1.47 bits per heavy atom. The summed E-state index contributed by atoms with van der Waals surface area (Å²) in [5.74, 6) is 0. The molecule has 3 heteroatoms. The van der Waals surface area contributed by atoms with Crippen molar-refractivity contribution in [1.82, 2.24) is 0 Å². The molecule has 0 aromatic carbocycles. The lowest BCUT2D eigenvalue weighted by molar-refractivity contribution is 1.68. The summed E-state index contributed by atoms with van der Waals surface area (Å²) in [5.41, 5.74) is 0. The summed E-state index contributed by atoms with van der Waals surface area (Å²) in [6.45, 7) is 0. The Morgan fingerprint density at radius 2 is 1.07 bits per heavy atom. The fraction of sp³-hybridized carbons (Fsp3) is 0. The molecule has 0 fully saturated rings. The summed E-state index contributed by atoms with van der Waals surface area (Å²) >= 11 is 1.98. The monoisotopic (exact) mass is 252 g/mol. The van der Waals surface area contributed by atoms with Gasteiger partial charge >= 0.3 is 0 Å². The number of thiophene rings is 1. The summed E-state index contributed by atoms with van der Waals surface area (Å²) in [6.07, 6.45) is 8.63. The number of hydrogen-bond donors (Lipinski definition) is 2. The van der Waals surface area contributed by atoms with Crippen LogP contribution >= 0.6 is 33.1 Å². The van der Waals surface area contributed by atoms with E-state index in [0.29, 0.717) is 0 Å². The van der Waals surface area contributed by atoms with Crippen molar-refractivity contribution in [3.63, 3.8) is 0 Å². The normalized spacial score (nSPS) is 22.1. The summed E-state index contributed by atoms with van der Waals surface area (Å²) < 4.78 is 3.06. The van der Waals surface area contributed by atoms with E-state index in [1.165, 1.54) is 8.42 Å². The minimum absolute atomic E-state index is 0.114. The second kappa shape index (κ2) is 4.08. The molecular weight excluding hydrogens is 240 g/mol. The van der Waals surface area contributed by atoms with Crippen molar-refractivity contribution in [2.45, 2.75) is 8.42 Å². The van der Waals surface area contributed by atoms with Crippen LogP contribution in [0.15, 0.2) is 66.5 Å². The quantitative estimate of drug-likeness (QED) is 0.709. The van der Waals surface area contributed by atoms with Crippen LogP contribution in [-0.4, -0.2) is 0 Å². The highest BCUT2D eigenvalue weighted by molar-refractivity contribution is 8.25. The molecule has 3 rings (SSSR count). The van der Waals surface area contributed by atoms with Crippen LogP contribution in [0, 0.1) is 0 Å². The van der Waals surface area contributed by atoms with Gasteiger partial charge in [0.1, 0.15) is 0 Å². The summed E-state index contributed by atoms with van der Waals surface area (Å²) in [4.78, 5) is 0. The maximum atomic E-state index is 2.32. The van der Waals surface area contributed by atoms with Crippen LogP contribution in [-0.2, 0) is 0 Å². The van der Waals surface area contributed by atoms with Crippen LogP contribution in [0.1, 0.15) is 0 Å². The molecule has 2 aliphatic rings. The lowest BCUT2D eigenvalue weighted by atomic mass is 10.6. The summed E-state index contributed by atoms with van der Waals surface area (Å²) in [7, 11) is -0.228. The molecule has 15 heavy (non-hydrogen) atoms. The molecule has 0 atom stereocenters. The smallest absolute Gasteiger partial charge is 0.0484 e. The van der Waals surface area contributed by atoms with Crippen LogP contribution in [0.4, 0.5) is 0 Å². The molecule has 2 aliphatic heterocycles. The highest BCUT2D eigenvalue weighted by atomic mass is 32.2. The third-order valence-corrected chi connectivity index (χ3v) is 8.09. The average molecular weight is 252 g/mol. The maximum absolute atomic E-state index is 2.32. The van der Waals surface area contributed by atoms with Crippen molar-refractivity contribution in [3.8, 4) is 0 Å². The maximum Gasteiger partial charge on any atom is 0.0484 e. The van der Waals surface area contributed by atoms with Crippen LogP contribution in [0.3, 0.4) is 0 Å². The third kappa shape index (κ3) is 1.87. The van der Waals surface area contributed by atoms with E-state index >= 15 is 0 Å². The molecule has 0 aliphatic carbocycles. The Labute approximate surface area is 99.4 Å². The van der Waals surface area contributed by atoms with Gasteiger partial charge in [-0.2, -0.15) is 21.8 Å². The van der Waals surface area contributed by atoms with Gasteiger partial charge in [0, 0.05) is 8.42 Å². The minimum Gasteiger partial charge on any atom is -0.177 e. The number of hydrogen-bond acceptors (Lipinski definition) is 1. The fourth-order valence-corrected chi connectivity index (χ4v) is 6.84. The Morgan fingerprint density at radius 1 is 0.667 bits per heavy atom. The van der Waals surface area contributed by atoms with Gasteiger partial charge < -0.3 is 0 Å². The van der Waals surface area contributed by atoms with Crippen molar-refractivity contribution in [3.05, 3.63) is 58.1 Å². The van der Waals surface area contributed by atoms with E-state index in [2.05, 4.69) is 58.1 Å². The molecule has 0 saturated carbocycles. The number of rotatable bonds is 2. The van der Waals surface area contributed by atoms with Gasteiger partial charge in [-0.15, -0.1) is 11.3 Å². The summed E-state index contributed by atoms with van der Waals surface area (Å²) in [5, 5.41) is 9.27. The summed E-state index contributed by atoms with van der Waals surface area (Å²) in [6, 6.07) is 4.60. The molecule has 0 nitrogen and oxygen atoms in total. The van der Waals surface area contributed by atoms with E-state index < -0.39 is 0 Å². The first-order chi connectivity index (χ1) is 7.43. The minimum atomic E-state index is -0.114. The Hall–Kier alpha value is -0.640. The van der Waals surface area contributed by atoms with Crippen molar-refractivity contribution < 1.29 is 0 Å². The van der Waals surface area contributed by atoms with Gasteiger partial charge in [-0.1, -0.05) is 24.3 Å². The Kier molecular flexibility index (Phi) is 2.61. The van der Waals surface area contributed by atoms with Crippen molar-refractivity contribution >= 4 is 33.1 Å². The molecule has 0 N–H and O–H groups in total. The number of thiol groups is 2. The lowest BCUT2D eigenvalue weighted by Crippen LogP contribution is -1.63. The van der Waals surface area contributed by atoms with Crippen molar-refractivity contribution in [1.29, 1.82) is 0 Å². The van der Waals surface area contributed by atoms with E-state index in [1.807, 2.05) is 11.3 Å². The lowest BCUT2D eigenvalue weighted by Gasteiger charge is -2.07. The SMILES string of the molecule is C1=C[SH](c2ccc([SH]3C=CC=C3)s2)C=C1. The standard InChI is InChI=1S/C12H12S3/c1-2-8-14(7-1)11-5-6-12(13-11)15-9-3-4-10-15/h1-10,14-15H.